The average Bonchev–Trinajstić information content (AvgIpc) is 3.31. The molecule has 212 valence electrons. The number of nitrogens with one attached hydrogen (secondary N) is 2. The molecule has 3 heterocycles. The maximum Gasteiger partial charge on any atom is 0.258 e. The Bertz CT molecular complexity index is 1510. The van der Waals surface area contributed by atoms with Crippen molar-refractivity contribution in [2.75, 3.05) is 71.2 Å². The molecule has 2 N–H and O–H groups in total. The molecule has 2 amide bonds. The van der Waals surface area contributed by atoms with Crippen LogP contribution in [0.4, 0.5) is 11.4 Å². The van der Waals surface area contributed by atoms with E-state index in [0.717, 1.165) is 49.5 Å². The highest BCUT2D eigenvalue weighted by atomic mass is 16.6. The molecule has 3 aromatic carbocycles. The second-order valence-corrected chi connectivity index (χ2v) is 10.9. The van der Waals surface area contributed by atoms with E-state index >= 15 is 0 Å². The first-order valence-electron chi connectivity index (χ1n) is 13.9. The second-order valence-electron chi connectivity index (χ2n) is 10.9. The molecule has 3 aromatic rings. The molecule has 6 rings (SSSR count). The van der Waals surface area contributed by atoms with E-state index in [-0.39, 0.29) is 11.8 Å². The quantitative estimate of drug-likeness (QED) is 0.449. The monoisotopic (exact) mass is 553 g/mol. The molecule has 0 radical (unpaired) electrons. The van der Waals surface area contributed by atoms with E-state index in [9.17, 15) is 9.59 Å². The topological polar surface area (TPSA) is 86.4 Å². The molecule has 3 aliphatic heterocycles. The average molecular weight is 554 g/mol. The molecule has 0 aliphatic carbocycles. The van der Waals surface area contributed by atoms with Crippen molar-refractivity contribution in [3.05, 3.63) is 82.9 Å². The number of amides is 2. The van der Waals surface area contributed by atoms with Crippen LogP contribution in [0.25, 0.3) is 11.3 Å². The number of anilines is 2. The summed E-state index contributed by atoms with van der Waals surface area (Å²) in [5, 5.41) is 6.50. The van der Waals surface area contributed by atoms with Crippen LogP contribution in [0.3, 0.4) is 0 Å². The fraction of sp³-hybridized carbons (Fsp3) is 0.312. The number of nitrogens with zero attached hydrogens (tertiary/aromatic N) is 3. The van der Waals surface area contributed by atoms with E-state index in [2.05, 4.69) is 51.7 Å². The van der Waals surface area contributed by atoms with Gasteiger partial charge in [0, 0.05) is 74.9 Å². The Labute approximate surface area is 240 Å². The maximum absolute atomic E-state index is 13.5. The van der Waals surface area contributed by atoms with Gasteiger partial charge in [-0.2, -0.15) is 0 Å². The largest absolute Gasteiger partial charge is 0.486 e. The third-order valence-electron chi connectivity index (χ3n) is 7.72. The van der Waals surface area contributed by atoms with Gasteiger partial charge in [-0.15, -0.1) is 0 Å². The Balaban J connectivity index is 1.35. The number of ether oxygens (including phenoxy) is 2. The van der Waals surface area contributed by atoms with Crippen molar-refractivity contribution in [2.45, 2.75) is 6.54 Å². The van der Waals surface area contributed by atoms with Gasteiger partial charge in [0.15, 0.2) is 11.5 Å². The number of piperazine rings is 1. The lowest BCUT2D eigenvalue weighted by molar-refractivity contribution is -0.110. The van der Waals surface area contributed by atoms with Crippen LogP contribution in [-0.2, 0) is 11.3 Å². The molecule has 1 fully saturated rings. The minimum absolute atomic E-state index is 0.124. The van der Waals surface area contributed by atoms with E-state index in [4.69, 9.17) is 9.47 Å². The number of rotatable bonds is 6. The summed E-state index contributed by atoms with van der Waals surface area (Å²) in [6.45, 7) is 6.18. The molecular formula is C32H35N5O4. The highest BCUT2D eigenvalue weighted by molar-refractivity contribution is 6.37. The Kier molecular flexibility index (Phi) is 7.38. The normalized spacial score (nSPS) is 18.0. The molecule has 0 atom stereocenters. The van der Waals surface area contributed by atoms with Gasteiger partial charge in [0.25, 0.3) is 11.8 Å². The molecule has 9 heteroatoms. The number of fused-ring (bicyclic) bond motifs is 2. The van der Waals surface area contributed by atoms with Gasteiger partial charge < -0.3 is 29.9 Å². The van der Waals surface area contributed by atoms with Gasteiger partial charge in [-0.05, 0) is 55.1 Å². The van der Waals surface area contributed by atoms with Gasteiger partial charge in [0.2, 0.25) is 0 Å². The van der Waals surface area contributed by atoms with Gasteiger partial charge in [0.05, 0.1) is 11.3 Å². The van der Waals surface area contributed by atoms with Crippen molar-refractivity contribution in [3.63, 3.8) is 0 Å². The molecule has 41 heavy (non-hydrogen) atoms. The fourth-order valence-electron chi connectivity index (χ4n) is 5.39. The van der Waals surface area contributed by atoms with E-state index < -0.39 is 0 Å². The van der Waals surface area contributed by atoms with E-state index in [1.165, 1.54) is 10.5 Å². The Morgan fingerprint density at radius 3 is 2.34 bits per heavy atom. The lowest BCUT2D eigenvalue weighted by atomic mass is 9.98. The first-order chi connectivity index (χ1) is 19.9. The highest BCUT2D eigenvalue weighted by Gasteiger charge is 2.30. The SMILES string of the molecule is CN1CCN(Cc2ccc(NC(=C3C(=O)Nc4cc(C(=O)N(C)C)ccc43)c3ccc4c(c3)OCCO4)cc2)CC1. The summed E-state index contributed by atoms with van der Waals surface area (Å²) in [6.07, 6.45) is 0. The first kappa shape index (κ1) is 26.9. The van der Waals surface area contributed by atoms with Crippen LogP contribution >= 0.6 is 0 Å². The second kappa shape index (κ2) is 11.3. The minimum atomic E-state index is -0.237. The van der Waals surface area contributed by atoms with Crippen LogP contribution in [0.5, 0.6) is 11.5 Å². The molecule has 0 bridgehead atoms. The number of hydrogen-bond acceptors (Lipinski definition) is 7. The standard InChI is InChI=1S/C32H35N5O4/c1-35(2)32(39)23-6-10-25-26(18-23)34-31(38)29(25)30(22-7-11-27-28(19-22)41-17-16-40-27)33-24-8-4-21(5-9-24)20-37-14-12-36(3)13-15-37/h4-11,18-19,33H,12-17,20H2,1-3H3,(H,34,38). The molecule has 0 spiro atoms. The Hall–Kier alpha value is -4.34. The van der Waals surface area contributed by atoms with Crippen molar-refractivity contribution in [3.8, 4) is 11.5 Å². The van der Waals surface area contributed by atoms with Gasteiger partial charge >= 0.3 is 0 Å². The van der Waals surface area contributed by atoms with Gasteiger partial charge in [0.1, 0.15) is 13.2 Å². The van der Waals surface area contributed by atoms with Crippen LogP contribution in [0.15, 0.2) is 60.7 Å². The summed E-state index contributed by atoms with van der Waals surface area (Å²) in [6, 6.07) is 19.4. The lowest BCUT2D eigenvalue weighted by Gasteiger charge is -2.32. The third-order valence-corrected chi connectivity index (χ3v) is 7.72. The molecule has 0 saturated carbocycles. The predicted molar refractivity (Wildman–Crippen MR) is 160 cm³/mol. The molecule has 9 nitrogen and oxygen atoms in total. The van der Waals surface area contributed by atoms with Crippen molar-refractivity contribution >= 4 is 34.5 Å². The number of hydrogen-bond donors (Lipinski definition) is 2. The van der Waals surface area contributed by atoms with Crippen LogP contribution < -0.4 is 20.1 Å². The predicted octanol–water partition coefficient (Wildman–Crippen LogP) is 3.84. The van der Waals surface area contributed by atoms with Crippen molar-refractivity contribution in [1.82, 2.24) is 14.7 Å². The van der Waals surface area contributed by atoms with Crippen LogP contribution in [-0.4, -0.2) is 87.0 Å². The van der Waals surface area contributed by atoms with Gasteiger partial charge in [-0.25, -0.2) is 0 Å². The van der Waals surface area contributed by atoms with Gasteiger partial charge in [-0.1, -0.05) is 18.2 Å². The van der Waals surface area contributed by atoms with Crippen LogP contribution in [0.1, 0.15) is 27.0 Å². The third kappa shape index (κ3) is 5.64. The van der Waals surface area contributed by atoms with E-state index in [1.807, 2.05) is 24.3 Å². The van der Waals surface area contributed by atoms with Crippen molar-refractivity contribution in [1.29, 1.82) is 0 Å². The summed E-state index contributed by atoms with van der Waals surface area (Å²) < 4.78 is 11.6. The van der Waals surface area contributed by atoms with Crippen molar-refractivity contribution < 1.29 is 19.1 Å². The zero-order valence-corrected chi connectivity index (χ0v) is 23.7. The summed E-state index contributed by atoms with van der Waals surface area (Å²) in [5.41, 5.74) is 5.91. The molecule has 0 aromatic heterocycles. The summed E-state index contributed by atoms with van der Waals surface area (Å²) in [7, 11) is 5.58. The zero-order chi connectivity index (χ0) is 28.5. The fourth-order valence-corrected chi connectivity index (χ4v) is 5.39. The highest BCUT2D eigenvalue weighted by Crippen LogP contribution is 2.40. The van der Waals surface area contributed by atoms with E-state index in [0.29, 0.717) is 47.2 Å². The first-order valence-corrected chi connectivity index (χ1v) is 13.9. The number of carbonyl (C=O) groups is 2. The molecule has 3 aliphatic rings. The smallest absolute Gasteiger partial charge is 0.258 e. The molecule has 0 unspecified atom stereocenters. The lowest BCUT2D eigenvalue weighted by Crippen LogP contribution is -2.43. The Morgan fingerprint density at radius 1 is 0.902 bits per heavy atom. The Morgan fingerprint density at radius 2 is 1.61 bits per heavy atom. The van der Waals surface area contributed by atoms with Crippen LogP contribution in [0.2, 0.25) is 0 Å². The van der Waals surface area contributed by atoms with Crippen LogP contribution in [0, 0.1) is 0 Å². The van der Waals surface area contributed by atoms with E-state index in [1.54, 1.807) is 26.2 Å². The maximum atomic E-state index is 13.5. The minimum Gasteiger partial charge on any atom is -0.486 e. The summed E-state index contributed by atoms with van der Waals surface area (Å²) >= 11 is 0. The summed E-state index contributed by atoms with van der Waals surface area (Å²) in [4.78, 5) is 32.4. The molecule has 1 saturated heterocycles. The summed E-state index contributed by atoms with van der Waals surface area (Å²) in [5.74, 6) is 0.960. The zero-order valence-electron chi connectivity index (χ0n) is 23.7. The number of benzene rings is 3. The molecular weight excluding hydrogens is 518 g/mol. The number of likely N-dealkylation sites (N-methyl/N-ethyl adjacent to an activating group) is 1. The van der Waals surface area contributed by atoms with Gasteiger partial charge in [-0.3, -0.25) is 14.5 Å². The van der Waals surface area contributed by atoms with Crippen molar-refractivity contribution in [2.24, 2.45) is 0 Å². The number of carbonyl (C=O) groups excluding carboxylic acids is 2.